The zero-order valence-electron chi connectivity index (χ0n) is 22.2. The molecule has 0 N–H and O–H groups in total. The SMILES string of the molecule is c1cnc2c(-c3nc(-c4cccc5c4sc4ccccc45)nc(-c4cccc5oc6ccccc6c45)n3)cccc2c1. The molecular formula is C36H20N4OS. The van der Waals surface area contributed by atoms with Gasteiger partial charge in [0, 0.05) is 59.2 Å². The van der Waals surface area contributed by atoms with Gasteiger partial charge in [-0.1, -0.05) is 78.9 Å². The van der Waals surface area contributed by atoms with Gasteiger partial charge >= 0.3 is 0 Å². The third kappa shape index (κ3) is 3.49. The third-order valence-electron chi connectivity index (χ3n) is 7.80. The Morgan fingerprint density at radius 1 is 0.500 bits per heavy atom. The van der Waals surface area contributed by atoms with Crippen LogP contribution in [0.2, 0.25) is 0 Å². The molecule has 0 saturated heterocycles. The topological polar surface area (TPSA) is 64.7 Å². The molecule has 0 fully saturated rings. The molecule has 9 aromatic rings. The number of thiophene rings is 1. The quantitative estimate of drug-likeness (QED) is 0.217. The highest BCUT2D eigenvalue weighted by molar-refractivity contribution is 7.26. The highest BCUT2D eigenvalue weighted by atomic mass is 32.1. The number of para-hydroxylation sites is 2. The Labute approximate surface area is 243 Å². The van der Waals surface area contributed by atoms with Gasteiger partial charge in [-0.2, -0.15) is 0 Å². The summed E-state index contributed by atoms with van der Waals surface area (Å²) in [6.07, 6.45) is 1.81. The average Bonchev–Trinajstić information content (AvgIpc) is 3.63. The van der Waals surface area contributed by atoms with Crippen molar-refractivity contribution in [1.29, 1.82) is 0 Å². The van der Waals surface area contributed by atoms with Crippen LogP contribution in [0.3, 0.4) is 0 Å². The van der Waals surface area contributed by atoms with Crippen molar-refractivity contribution >= 4 is 64.4 Å². The first kappa shape index (κ1) is 23.3. The molecule has 0 atom stereocenters. The summed E-state index contributed by atoms with van der Waals surface area (Å²) in [5, 5.41) is 5.50. The van der Waals surface area contributed by atoms with E-state index in [1.165, 1.54) is 15.5 Å². The highest BCUT2D eigenvalue weighted by Crippen LogP contribution is 2.41. The van der Waals surface area contributed by atoms with Gasteiger partial charge < -0.3 is 4.42 Å². The third-order valence-corrected chi connectivity index (χ3v) is 9.02. The molecular weight excluding hydrogens is 536 g/mol. The van der Waals surface area contributed by atoms with E-state index in [9.17, 15) is 0 Å². The molecule has 5 nitrogen and oxygen atoms in total. The van der Waals surface area contributed by atoms with E-state index < -0.39 is 0 Å². The number of benzene rings is 5. The van der Waals surface area contributed by atoms with Crippen LogP contribution in [0.5, 0.6) is 0 Å². The summed E-state index contributed by atoms with van der Waals surface area (Å²) in [5.74, 6) is 1.81. The Balaban J connectivity index is 1.38. The van der Waals surface area contributed by atoms with Crippen molar-refractivity contribution in [3.05, 3.63) is 121 Å². The van der Waals surface area contributed by atoms with Crippen LogP contribution < -0.4 is 0 Å². The molecule has 6 heteroatoms. The van der Waals surface area contributed by atoms with Crippen LogP contribution in [0.4, 0.5) is 0 Å². The van der Waals surface area contributed by atoms with Crippen LogP contribution in [0, 0.1) is 0 Å². The molecule has 0 aliphatic carbocycles. The van der Waals surface area contributed by atoms with E-state index in [0.29, 0.717) is 17.5 Å². The number of fused-ring (bicyclic) bond motifs is 7. The minimum Gasteiger partial charge on any atom is -0.456 e. The lowest BCUT2D eigenvalue weighted by Crippen LogP contribution is -2.01. The number of pyridine rings is 1. The summed E-state index contributed by atoms with van der Waals surface area (Å²) < 4.78 is 8.61. The summed E-state index contributed by atoms with van der Waals surface area (Å²) in [7, 11) is 0. The number of hydrogen-bond donors (Lipinski definition) is 0. The first-order valence-electron chi connectivity index (χ1n) is 13.7. The van der Waals surface area contributed by atoms with Crippen LogP contribution in [0.25, 0.3) is 87.2 Å². The van der Waals surface area contributed by atoms with E-state index in [2.05, 4.69) is 66.7 Å². The number of aromatic nitrogens is 4. The fourth-order valence-corrected chi connectivity index (χ4v) is 7.12. The molecule has 0 amide bonds. The first-order chi connectivity index (χ1) is 20.8. The standard InChI is InChI=1S/C36H20N4OS/c1-3-17-28-24(12-1)31-25(14-7-18-29(31)41-28)34-38-35(26-15-5-9-21-10-8-20-37-32(21)26)40-36(39-34)27-16-6-13-23-22-11-2-4-19-30(22)42-33(23)27/h1-20H. The Hall–Kier alpha value is -5.46. The lowest BCUT2D eigenvalue weighted by molar-refractivity contribution is 0.669. The fraction of sp³-hybridized carbons (Fsp3) is 0. The first-order valence-corrected chi connectivity index (χ1v) is 14.5. The van der Waals surface area contributed by atoms with Crippen molar-refractivity contribution < 1.29 is 4.42 Å². The largest absolute Gasteiger partial charge is 0.456 e. The molecule has 0 saturated carbocycles. The van der Waals surface area contributed by atoms with Gasteiger partial charge in [0.25, 0.3) is 0 Å². The zero-order valence-corrected chi connectivity index (χ0v) is 23.0. The maximum absolute atomic E-state index is 6.21. The molecule has 0 aliphatic rings. The Bertz CT molecular complexity index is 2490. The van der Waals surface area contributed by atoms with E-state index in [4.69, 9.17) is 24.4 Å². The van der Waals surface area contributed by atoms with Crippen molar-refractivity contribution in [1.82, 2.24) is 19.9 Å². The molecule has 0 bridgehead atoms. The van der Waals surface area contributed by atoms with Crippen molar-refractivity contribution in [2.24, 2.45) is 0 Å². The molecule has 0 radical (unpaired) electrons. The number of rotatable bonds is 3. The molecule has 0 unspecified atom stereocenters. The van der Waals surface area contributed by atoms with Crippen LogP contribution in [-0.4, -0.2) is 19.9 Å². The maximum atomic E-state index is 6.21. The smallest absolute Gasteiger partial charge is 0.166 e. The molecule has 5 aromatic carbocycles. The van der Waals surface area contributed by atoms with Crippen LogP contribution in [0.1, 0.15) is 0 Å². The van der Waals surface area contributed by atoms with E-state index in [1.807, 2.05) is 54.7 Å². The second kappa shape index (κ2) is 9.03. The number of nitrogens with zero attached hydrogens (tertiary/aromatic N) is 4. The Morgan fingerprint density at radius 3 is 2.07 bits per heavy atom. The average molecular weight is 557 g/mol. The predicted molar refractivity (Wildman–Crippen MR) is 172 cm³/mol. The van der Waals surface area contributed by atoms with Crippen molar-refractivity contribution in [2.75, 3.05) is 0 Å². The molecule has 4 heterocycles. The van der Waals surface area contributed by atoms with E-state index in [1.54, 1.807) is 11.3 Å². The van der Waals surface area contributed by atoms with E-state index in [-0.39, 0.29) is 0 Å². The summed E-state index contributed by atoms with van der Waals surface area (Å²) >= 11 is 1.77. The van der Waals surface area contributed by atoms with Gasteiger partial charge in [0.05, 0.1) is 5.52 Å². The second-order valence-corrected chi connectivity index (χ2v) is 11.3. The fourth-order valence-electron chi connectivity index (χ4n) is 5.91. The number of furan rings is 1. The minimum absolute atomic E-state index is 0.585. The molecule has 4 aromatic heterocycles. The minimum atomic E-state index is 0.585. The molecule has 196 valence electrons. The van der Waals surface area contributed by atoms with Gasteiger partial charge in [-0.3, -0.25) is 4.98 Å². The zero-order chi connectivity index (χ0) is 27.6. The summed E-state index contributed by atoms with van der Waals surface area (Å²) in [6.45, 7) is 0. The normalized spacial score (nSPS) is 11.8. The van der Waals surface area contributed by atoms with Gasteiger partial charge in [-0.05, 0) is 36.4 Å². The Kier molecular flexibility index (Phi) is 5.00. The lowest BCUT2D eigenvalue weighted by Gasteiger charge is -2.11. The van der Waals surface area contributed by atoms with Crippen LogP contribution in [-0.2, 0) is 0 Å². The van der Waals surface area contributed by atoms with Crippen molar-refractivity contribution in [2.45, 2.75) is 0 Å². The van der Waals surface area contributed by atoms with E-state index >= 15 is 0 Å². The van der Waals surface area contributed by atoms with Gasteiger partial charge in [0.2, 0.25) is 0 Å². The van der Waals surface area contributed by atoms with Crippen LogP contribution in [0.15, 0.2) is 126 Å². The second-order valence-electron chi connectivity index (χ2n) is 10.2. The van der Waals surface area contributed by atoms with Crippen LogP contribution >= 0.6 is 11.3 Å². The summed E-state index contributed by atoms with van der Waals surface area (Å²) in [4.78, 5) is 20.1. The highest BCUT2D eigenvalue weighted by Gasteiger charge is 2.20. The molecule has 42 heavy (non-hydrogen) atoms. The lowest BCUT2D eigenvalue weighted by atomic mass is 10.0. The van der Waals surface area contributed by atoms with Crippen molar-refractivity contribution in [3.63, 3.8) is 0 Å². The summed E-state index contributed by atoms with van der Waals surface area (Å²) in [5.41, 5.74) is 5.24. The van der Waals surface area contributed by atoms with Gasteiger partial charge in [0.15, 0.2) is 17.5 Å². The molecule has 9 rings (SSSR count). The van der Waals surface area contributed by atoms with E-state index in [0.717, 1.165) is 54.2 Å². The van der Waals surface area contributed by atoms with Gasteiger partial charge in [-0.15, -0.1) is 11.3 Å². The maximum Gasteiger partial charge on any atom is 0.166 e. The predicted octanol–water partition coefficient (Wildman–Crippen LogP) is 9.69. The van der Waals surface area contributed by atoms with Gasteiger partial charge in [-0.25, -0.2) is 15.0 Å². The molecule has 0 aliphatic heterocycles. The number of hydrogen-bond acceptors (Lipinski definition) is 6. The Morgan fingerprint density at radius 2 is 1.14 bits per heavy atom. The molecule has 0 spiro atoms. The van der Waals surface area contributed by atoms with Crippen molar-refractivity contribution in [3.8, 4) is 34.2 Å². The summed E-state index contributed by atoms with van der Waals surface area (Å²) in [6, 6.07) is 39.2. The van der Waals surface area contributed by atoms with Gasteiger partial charge in [0.1, 0.15) is 11.2 Å². The monoisotopic (exact) mass is 556 g/mol.